The highest BCUT2D eigenvalue weighted by atomic mass is 14.8. The molecule has 0 aromatic rings. The highest BCUT2D eigenvalue weighted by Crippen LogP contribution is 2.08. The first-order valence-corrected chi connectivity index (χ1v) is 4.48. The molecule has 0 aliphatic heterocycles. The fraction of sp³-hybridized carbons (Fsp3) is 0.600. The van der Waals surface area contributed by atoms with Gasteiger partial charge in [0.25, 0.3) is 0 Å². The van der Waals surface area contributed by atoms with Gasteiger partial charge >= 0.3 is 0 Å². The van der Waals surface area contributed by atoms with Crippen molar-refractivity contribution < 1.29 is 0 Å². The number of unbranched alkanes of at least 4 members (excludes halogenated alkanes) is 1. The van der Waals surface area contributed by atoms with E-state index >= 15 is 0 Å². The van der Waals surface area contributed by atoms with Crippen LogP contribution in [0.25, 0.3) is 0 Å². The smallest absolute Gasteiger partial charge is 0.0170 e. The lowest BCUT2D eigenvalue weighted by Crippen LogP contribution is -2.17. The van der Waals surface area contributed by atoms with E-state index in [1.165, 1.54) is 18.4 Å². The maximum atomic E-state index is 3.42. The molecule has 62 valence electrons. The summed E-state index contributed by atoms with van der Waals surface area (Å²) in [6.07, 6.45) is 10.3. The van der Waals surface area contributed by atoms with Crippen LogP contribution in [0.2, 0.25) is 0 Å². The Morgan fingerprint density at radius 3 is 3.09 bits per heavy atom. The van der Waals surface area contributed by atoms with Gasteiger partial charge in [-0.2, -0.15) is 0 Å². The molecule has 0 saturated heterocycles. The second kappa shape index (κ2) is 5.14. The molecule has 0 amide bonds. The molecule has 0 atom stereocenters. The molecule has 1 nitrogen and oxygen atoms in total. The van der Waals surface area contributed by atoms with E-state index in [0.717, 1.165) is 19.5 Å². The van der Waals surface area contributed by atoms with Crippen LogP contribution in [0, 0.1) is 0 Å². The van der Waals surface area contributed by atoms with Crippen molar-refractivity contribution in [1.82, 2.24) is 5.32 Å². The summed E-state index contributed by atoms with van der Waals surface area (Å²) < 4.78 is 0. The Labute approximate surface area is 69.2 Å². The molecule has 0 aromatic heterocycles. The monoisotopic (exact) mass is 151 g/mol. The summed E-state index contributed by atoms with van der Waals surface area (Å²) in [6.45, 7) is 4.46. The molecule has 0 radical (unpaired) electrons. The summed E-state index contributed by atoms with van der Waals surface area (Å²) in [4.78, 5) is 0. The molecule has 1 N–H and O–H groups in total. The minimum atomic E-state index is 1.08. The maximum absolute atomic E-state index is 3.42. The van der Waals surface area contributed by atoms with Crippen molar-refractivity contribution in [3.05, 3.63) is 23.8 Å². The van der Waals surface area contributed by atoms with E-state index in [9.17, 15) is 0 Å². The van der Waals surface area contributed by atoms with Crippen LogP contribution in [0.1, 0.15) is 26.2 Å². The Bertz CT molecular complexity index is 156. The van der Waals surface area contributed by atoms with Crippen LogP contribution in [-0.4, -0.2) is 13.1 Å². The molecule has 0 aromatic carbocycles. The highest BCUT2D eigenvalue weighted by molar-refractivity contribution is 5.23. The lowest BCUT2D eigenvalue weighted by atomic mass is 10.2. The minimum Gasteiger partial charge on any atom is -0.313 e. The van der Waals surface area contributed by atoms with Crippen LogP contribution in [0.3, 0.4) is 0 Å². The van der Waals surface area contributed by atoms with Crippen LogP contribution >= 0.6 is 0 Å². The van der Waals surface area contributed by atoms with E-state index in [0.29, 0.717) is 0 Å². The normalized spacial score (nSPS) is 15.5. The number of hydrogen-bond acceptors (Lipinski definition) is 1. The maximum Gasteiger partial charge on any atom is 0.0170 e. The topological polar surface area (TPSA) is 12.0 Å². The fourth-order valence-electron chi connectivity index (χ4n) is 1.17. The van der Waals surface area contributed by atoms with Crippen molar-refractivity contribution in [2.24, 2.45) is 0 Å². The predicted molar refractivity (Wildman–Crippen MR) is 49.6 cm³/mol. The molecule has 0 unspecified atom stereocenters. The Kier molecular flexibility index (Phi) is 3.99. The predicted octanol–water partition coefficient (Wildman–Crippen LogP) is 2.26. The van der Waals surface area contributed by atoms with Gasteiger partial charge in [0.1, 0.15) is 0 Å². The zero-order chi connectivity index (χ0) is 7.94. The lowest BCUT2D eigenvalue weighted by molar-refractivity contribution is 0.668. The van der Waals surface area contributed by atoms with Crippen LogP contribution in [0.15, 0.2) is 23.8 Å². The van der Waals surface area contributed by atoms with E-state index in [1.807, 2.05) is 0 Å². The van der Waals surface area contributed by atoms with Gasteiger partial charge in [-0.05, 0) is 19.4 Å². The van der Waals surface area contributed by atoms with Gasteiger partial charge < -0.3 is 5.32 Å². The highest BCUT2D eigenvalue weighted by Gasteiger charge is 1.96. The molecule has 0 bridgehead atoms. The number of allylic oxidation sites excluding steroid dienone is 3. The molecule has 1 heteroatoms. The van der Waals surface area contributed by atoms with Crippen LogP contribution in [-0.2, 0) is 0 Å². The summed E-state index contributed by atoms with van der Waals surface area (Å²) in [6, 6.07) is 0. The molecule has 1 rings (SSSR count). The second-order valence-corrected chi connectivity index (χ2v) is 2.99. The zero-order valence-corrected chi connectivity index (χ0v) is 7.27. The Balaban J connectivity index is 1.95. The van der Waals surface area contributed by atoms with Gasteiger partial charge in [0.05, 0.1) is 0 Å². The number of rotatable bonds is 5. The second-order valence-electron chi connectivity index (χ2n) is 2.99. The third-order valence-corrected chi connectivity index (χ3v) is 1.91. The molecule has 11 heavy (non-hydrogen) atoms. The fourth-order valence-corrected chi connectivity index (χ4v) is 1.17. The van der Waals surface area contributed by atoms with Gasteiger partial charge in [0, 0.05) is 6.54 Å². The molecule has 1 aliphatic carbocycles. The molecule has 0 heterocycles. The Hall–Kier alpha value is -0.560. The summed E-state index contributed by atoms with van der Waals surface area (Å²) in [5, 5.41) is 3.42. The summed E-state index contributed by atoms with van der Waals surface area (Å²) in [7, 11) is 0. The van der Waals surface area contributed by atoms with E-state index in [4.69, 9.17) is 0 Å². The Morgan fingerprint density at radius 2 is 2.45 bits per heavy atom. The first-order valence-electron chi connectivity index (χ1n) is 4.48. The molecule has 1 aliphatic rings. The molecule has 0 spiro atoms. The van der Waals surface area contributed by atoms with Crippen LogP contribution in [0.5, 0.6) is 0 Å². The standard InChI is InChI=1S/C10H17N/c1-2-3-8-11-9-10-6-4-5-7-10/h4-6,11H,2-3,7-9H2,1H3. The van der Waals surface area contributed by atoms with E-state index in [2.05, 4.69) is 30.5 Å². The Morgan fingerprint density at radius 1 is 1.55 bits per heavy atom. The van der Waals surface area contributed by atoms with Gasteiger partial charge in [-0.3, -0.25) is 0 Å². The summed E-state index contributed by atoms with van der Waals surface area (Å²) in [5.41, 5.74) is 1.51. The van der Waals surface area contributed by atoms with Gasteiger partial charge in [-0.25, -0.2) is 0 Å². The average Bonchev–Trinajstić information content (AvgIpc) is 2.50. The first-order chi connectivity index (χ1) is 5.43. The largest absolute Gasteiger partial charge is 0.313 e. The van der Waals surface area contributed by atoms with Crippen molar-refractivity contribution in [2.75, 3.05) is 13.1 Å². The van der Waals surface area contributed by atoms with Crippen LogP contribution < -0.4 is 5.32 Å². The molecular formula is C10H17N. The lowest BCUT2D eigenvalue weighted by Gasteiger charge is -2.03. The summed E-state index contributed by atoms with van der Waals surface area (Å²) >= 11 is 0. The average molecular weight is 151 g/mol. The minimum absolute atomic E-state index is 1.08. The van der Waals surface area contributed by atoms with E-state index in [-0.39, 0.29) is 0 Å². The number of nitrogens with one attached hydrogen (secondary N) is 1. The quantitative estimate of drug-likeness (QED) is 0.594. The van der Waals surface area contributed by atoms with Gasteiger partial charge in [0.2, 0.25) is 0 Å². The van der Waals surface area contributed by atoms with Gasteiger partial charge in [0.15, 0.2) is 0 Å². The van der Waals surface area contributed by atoms with Crippen molar-refractivity contribution in [2.45, 2.75) is 26.2 Å². The van der Waals surface area contributed by atoms with Crippen molar-refractivity contribution in [3.8, 4) is 0 Å². The van der Waals surface area contributed by atoms with Crippen molar-refractivity contribution >= 4 is 0 Å². The molecule has 0 saturated carbocycles. The molecule has 0 fully saturated rings. The van der Waals surface area contributed by atoms with Gasteiger partial charge in [-0.15, -0.1) is 0 Å². The number of hydrogen-bond donors (Lipinski definition) is 1. The third-order valence-electron chi connectivity index (χ3n) is 1.91. The van der Waals surface area contributed by atoms with Gasteiger partial charge in [-0.1, -0.05) is 37.1 Å². The van der Waals surface area contributed by atoms with Crippen LogP contribution in [0.4, 0.5) is 0 Å². The SMILES string of the molecule is CCCCNCC1=CC=CC1. The third kappa shape index (κ3) is 3.38. The zero-order valence-electron chi connectivity index (χ0n) is 7.27. The molecular weight excluding hydrogens is 134 g/mol. The van der Waals surface area contributed by atoms with Crippen molar-refractivity contribution in [1.29, 1.82) is 0 Å². The summed E-state index contributed by atoms with van der Waals surface area (Å²) in [5.74, 6) is 0. The first kappa shape index (κ1) is 8.54. The van der Waals surface area contributed by atoms with E-state index < -0.39 is 0 Å². The van der Waals surface area contributed by atoms with E-state index in [1.54, 1.807) is 0 Å². The van der Waals surface area contributed by atoms with Crippen molar-refractivity contribution in [3.63, 3.8) is 0 Å².